The van der Waals surface area contributed by atoms with E-state index in [4.69, 9.17) is 21.3 Å². The largest absolute Gasteiger partial charge is 0.473 e. The Balaban J connectivity index is 1.41. The first-order valence-electron chi connectivity index (χ1n) is 10.4. The highest BCUT2D eigenvalue weighted by Gasteiger charge is 2.21. The van der Waals surface area contributed by atoms with Crippen LogP contribution >= 0.6 is 11.6 Å². The number of benzene rings is 1. The molecule has 1 fully saturated rings. The van der Waals surface area contributed by atoms with Gasteiger partial charge in [-0.15, -0.1) is 0 Å². The summed E-state index contributed by atoms with van der Waals surface area (Å²) in [6.07, 6.45) is 4.60. The van der Waals surface area contributed by atoms with E-state index in [9.17, 15) is 4.39 Å². The number of hydrogen-bond acceptors (Lipinski definition) is 6. The third-order valence-corrected chi connectivity index (χ3v) is 5.70. The molecule has 0 spiro atoms. The first kappa shape index (κ1) is 20.7. The van der Waals surface area contributed by atoms with Crippen LogP contribution in [-0.2, 0) is 6.54 Å². The van der Waals surface area contributed by atoms with Gasteiger partial charge in [0.05, 0.1) is 23.0 Å². The number of imidazole rings is 1. The van der Waals surface area contributed by atoms with Crippen molar-refractivity contribution in [1.29, 1.82) is 0 Å². The summed E-state index contributed by atoms with van der Waals surface area (Å²) in [5, 5.41) is 3.86. The number of hydrogen-bond donors (Lipinski definition) is 1. The quantitative estimate of drug-likeness (QED) is 0.471. The van der Waals surface area contributed by atoms with E-state index in [1.807, 2.05) is 16.7 Å². The van der Waals surface area contributed by atoms with Gasteiger partial charge in [-0.25, -0.2) is 14.4 Å². The predicted octanol–water partition coefficient (Wildman–Crippen LogP) is 4.28. The highest BCUT2D eigenvalue weighted by atomic mass is 35.5. The minimum absolute atomic E-state index is 0.133. The number of ether oxygens (including phenoxy) is 1. The molecular weight excluding hydrogens is 431 g/mol. The Morgan fingerprint density at radius 1 is 1.16 bits per heavy atom. The van der Waals surface area contributed by atoms with Gasteiger partial charge in [0.25, 0.3) is 0 Å². The van der Waals surface area contributed by atoms with Gasteiger partial charge >= 0.3 is 0 Å². The van der Waals surface area contributed by atoms with Gasteiger partial charge in [-0.2, -0.15) is 4.98 Å². The van der Waals surface area contributed by atoms with Gasteiger partial charge < -0.3 is 19.4 Å². The lowest BCUT2D eigenvalue weighted by Gasteiger charge is -2.13. The van der Waals surface area contributed by atoms with Gasteiger partial charge in [0, 0.05) is 37.1 Å². The van der Waals surface area contributed by atoms with Crippen molar-refractivity contribution >= 4 is 23.2 Å². The molecule has 4 aromatic rings. The van der Waals surface area contributed by atoms with Crippen LogP contribution in [0.3, 0.4) is 0 Å². The van der Waals surface area contributed by atoms with Crippen molar-refractivity contribution in [2.45, 2.75) is 19.1 Å². The van der Waals surface area contributed by atoms with Crippen LogP contribution in [0.25, 0.3) is 16.9 Å². The lowest BCUT2D eigenvalue weighted by molar-refractivity contribution is 0.200. The minimum Gasteiger partial charge on any atom is -0.473 e. The number of likely N-dealkylation sites (tertiary alicyclic amines) is 1. The molecule has 0 bridgehead atoms. The van der Waals surface area contributed by atoms with Crippen molar-refractivity contribution in [3.05, 3.63) is 71.4 Å². The fraction of sp³-hybridized carbons (Fsp3) is 0.261. The average Bonchev–Trinajstić information content (AvgIpc) is 3.35. The number of halogens is 2. The van der Waals surface area contributed by atoms with Crippen molar-refractivity contribution in [3.8, 4) is 17.1 Å². The summed E-state index contributed by atoms with van der Waals surface area (Å²) < 4.78 is 21.4. The number of anilines is 1. The highest BCUT2D eigenvalue weighted by Crippen LogP contribution is 2.27. The molecule has 7 nitrogen and oxygen atoms in total. The monoisotopic (exact) mass is 452 g/mol. The summed E-state index contributed by atoms with van der Waals surface area (Å²) in [6.45, 7) is 2.30. The molecule has 5 rings (SSSR count). The van der Waals surface area contributed by atoms with Crippen molar-refractivity contribution in [1.82, 2.24) is 24.3 Å². The van der Waals surface area contributed by atoms with Crippen LogP contribution in [0.15, 0.2) is 54.9 Å². The number of pyridine rings is 1. The second-order valence-corrected chi connectivity index (χ2v) is 8.29. The van der Waals surface area contributed by atoms with Crippen molar-refractivity contribution in [2.24, 2.45) is 0 Å². The van der Waals surface area contributed by atoms with Gasteiger partial charge in [0.15, 0.2) is 0 Å². The van der Waals surface area contributed by atoms with Crippen molar-refractivity contribution in [3.63, 3.8) is 0 Å². The van der Waals surface area contributed by atoms with Crippen LogP contribution < -0.4 is 10.1 Å². The standard InChI is InChI=1S/C23H22ClFN6O/c1-30-11-9-18(14-30)32-21-8-10-26-23(29-21)27-12-19-22(15-2-5-17(25)6-3-15)28-20-7-4-16(24)13-31(19)20/h2-8,10,13,18H,9,11-12,14H2,1H3,(H,26,27,29). The summed E-state index contributed by atoms with van der Waals surface area (Å²) in [5.74, 6) is 0.706. The fourth-order valence-corrected chi connectivity index (χ4v) is 4.05. The zero-order chi connectivity index (χ0) is 22.1. The molecule has 0 saturated carbocycles. The molecule has 164 valence electrons. The molecule has 1 N–H and O–H groups in total. The minimum atomic E-state index is -0.293. The Bertz CT molecular complexity index is 1250. The van der Waals surface area contributed by atoms with Gasteiger partial charge in [-0.1, -0.05) is 11.6 Å². The third-order valence-electron chi connectivity index (χ3n) is 5.48. The highest BCUT2D eigenvalue weighted by molar-refractivity contribution is 6.30. The van der Waals surface area contributed by atoms with E-state index < -0.39 is 0 Å². The molecule has 0 aliphatic carbocycles. The summed E-state index contributed by atoms with van der Waals surface area (Å²) >= 11 is 6.23. The van der Waals surface area contributed by atoms with Crippen LogP contribution in [-0.4, -0.2) is 50.5 Å². The molecule has 0 radical (unpaired) electrons. The van der Waals surface area contributed by atoms with E-state index >= 15 is 0 Å². The predicted molar refractivity (Wildman–Crippen MR) is 121 cm³/mol. The molecule has 1 aromatic carbocycles. The number of rotatable bonds is 6. The third kappa shape index (κ3) is 4.37. The maximum absolute atomic E-state index is 13.4. The summed E-state index contributed by atoms with van der Waals surface area (Å²) in [7, 11) is 2.08. The van der Waals surface area contributed by atoms with Crippen LogP contribution in [0, 0.1) is 5.82 Å². The van der Waals surface area contributed by atoms with E-state index in [2.05, 4.69) is 27.2 Å². The molecule has 1 aliphatic heterocycles. The Kier molecular flexibility index (Phi) is 5.63. The Hall–Kier alpha value is -3.23. The van der Waals surface area contributed by atoms with Crippen molar-refractivity contribution in [2.75, 3.05) is 25.5 Å². The number of nitrogens with zero attached hydrogens (tertiary/aromatic N) is 5. The lowest BCUT2D eigenvalue weighted by Crippen LogP contribution is -2.22. The smallest absolute Gasteiger partial charge is 0.226 e. The molecule has 0 amide bonds. The Labute approximate surface area is 189 Å². The summed E-state index contributed by atoms with van der Waals surface area (Å²) in [5.41, 5.74) is 3.16. The first-order chi connectivity index (χ1) is 15.5. The van der Waals surface area contributed by atoms with E-state index in [0.717, 1.165) is 42.1 Å². The second kappa shape index (κ2) is 8.72. The molecule has 1 aliphatic rings. The van der Waals surface area contributed by atoms with Gasteiger partial charge in [-0.3, -0.25) is 0 Å². The second-order valence-electron chi connectivity index (χ2n) is 7.85. The van der Waals surface area contributed by atoms with Crippen molar-refractivity contribution < 1.29 is 9.13 Å². The number of nitrogens with one attached hydrogen (secondary N) is 1. The molecule has 1 unspecified atom stereocenters. The zero-order valence-corrected chi connectivity index (χ0v) is 18.3. The number of likely N-dealkylation sites (N-methyl/N-ethyl adjacent to an activating group) is 1. The molecule has 32 heavy (non-hydrogen) atoms. The Morgan fingerprint density at radius 2 is 2.00 bits per heavy atom. The average molecular weight is 453 g/mol. The zero-order valence-electron chi connectivity index (χ0n) is 17.5. The van der Waals surface area contributed by atoms with E-state index in [-0.39, 0.29) is 11.9 Å². The molecule has 9 heteroatoms. The number of fused-ring (bicyclic) bond motifs is 1. The maximum Gasteiger partial charge on any atom is 0.226 e. The SMILES string of the molecule is CN1CCC(Oc2ccnc(NCc3c(-c4ccc(F)cc4)nc4ccc(Cl)cn34)n2)C1. The normalized spacial score (nSPS) is 16.5. The molecule has 1 atom stereocenters. The first-order valence-corrected chi connectivity index (χ1v) is 10.8. The number of aromatic nitrogens is 4. The van der Waals surface area contributed by atoms with Gasteiger partial charge in [0.1, 0.15) is 17.6 Å². The van der Waals surface area contributed by atoms with E-state index in [1.54, 1.807) is 30.5 Å². The molecule has 4 heterocycles. The molecule has 1 saturated heterocycles. The fourth-order valence-electron chi connectivity index (χ4n) is 3.89. The Morgan fingerprint density at radius 3 is 2.78 bits per heavy atom. The molecule has 3 aromatic heterocycles. The van der Waals surface area contributed by atoms with Crippen LogP contribution in [0.5, 0.6) is 5.88 Å². The summed E-state index contributed by atoms with van der Waals surface area (Å²) in [4.78, 5) is 15.8. The van der Waals surface area contributed by atoms with Crippen LogP contribution in [0.1, 0.15) is 12.1 Å². The van der Waals surface area contributed by atoms with E-state index in [1.165, 1.54) is 12.1 Å². The van der Waals surface area contributed by atoms with Crippen LogP contribution in [0.2, 0.25) is 5.02 Å². The lowest BCUT2D eigenvalue weighted by atomic mass is 10.1. The molecular formula is C23H22ClFN6O. The maximum atomic E-state index is 13.4. The van der Waals surface area contributed by atoms with Crippen LogP contribution in [0.4, 0.5) is 10.3 Å². The topological polar surface area (TPSA) is 67.6 Å². The van der Waals surface area contributed by atoms with E-state index in [0.29, 0.717) is 23.4 Å². The van der Waals surface area contributed by atoms with Gasteiger partial charge in [-0.05, 0) is 49.9 Å². The van der Waals surface area contributed by atoms with Gasteiger partial charge in [0.2, 0.25) is 11.8 Å². The summed E-state index contributed by atoms with van der Waals surface area (Å²) in [6, 6.07) is 11.7.